The third-order valence-corrected chi connectivity index (χ3v) is 8.01. The number of alkyl halides is 3. The minimum Gasteiger partial charge on any atom is -0.350 e. The van der Waals surface area contributed by atoms with Gasteiger partial charge in [-0.05, 0) is 75.2 Å². The minimum atomic E-state index is -4.77. The number of hydrogen-bond acceptors (Lipinski definition) is 4. The van der Waals surface area contributed by atoms with E-state index in [1.165, 1.54) is 48.5 Å². The quantitative estimate of drug-likeness (QED) is 0.297. The summed E-state index contributed by atoms with van der Waals surface area (Å²) in [6, 6.07) is 14.8. The number of rotatable bonds is 10. The van der Waals surface area contributed by atoms with E-state index in [9.17, 15) is 35.6 Å². The molecule has 12 heteroatoms. The molecule has 0 aliphatic rings. The number of halogens is 4. The monoisotopic (exact) mass is 607 g/mol. The number of hydrogen-bond donors (Lipinski definition) is 1. The summed E-state index contributed by atoms with van der Waals surface area (Å²) in [6.07, 6.45) is -4.63. The molecule has 0 aromatic heterocycles. The highest BCUT2D eigenvalue weighted by atomic mass is 32.2. The molecule has 0 aliphatic heterocycles. The number of amides is 2. The number of nitrogens with zero attached hydrogens (tertiary/aromatic N) is 2. The molecule has 0 bridgehead atoms. The fraction of sp³-hybridized carbons (Fsp3) is 0.333. The van der Waals surface area contributed by atoms with Gasteiger partial charge in [0.1, 0.15) is 18.4 Å². The molecular weight excluding hydrogens is 574 g/mol. The van der Waals surface area contributed by atoms with Crippen molar-refractivity contribution < 1.29 is 35.6 Å². The van der Waals surface area contributed by atoms with Gasteiger partial charge in [0.2, 0.25) is 11.8 Å². The van der Waals surface area contributed by atoms with Gasteiger partial charge in [-0.15, -0.1) is 0 Å². The first kappa shape index (κ1) is 32.6. The Morgan fingerprint density at radius 3 is 2.07 bits per heavy atom. The van der Waals surface area contributed by atoms with E-state index in [1.54, 1.807) is 33.8 Å². The minimum absolute atomic E-state index is 0.143. The van der Waals surface area contributed by atoms with Crippen LogP contribution in [-0.4, -0.2) is 43.3 Å². The molecule has 0 fully saturated rings. The van der Waals surface area contributed by atoms with Crippen molar-refractivity contribution >= 4 is 27.5 Å². The molecule has 3 aromatic carbocycles. The molecular formula is C30H33F4N3O4S. The SMILES string of the molecule is CC[C@H](C(=O)NC(C)(C)C)N(Cc1ccc(F)cc1)C(=O)CN(c1cccc(C(F)(F)F)c1)S(=O)(=O)c1ccccc1. The van der Waals surface area contributed by atoms with E-state index in [4.69, 9.17) is 0 Å². The first-order valence-electron chi connectivity index (χ1n) is 13.1. The highest BCUT2D eigenvalue weighted by Crippen LogP contribution is 2.33. The van der Waals surface area contributed by atoms with Crippen molar-refractivity contribution in [3.05, 3.63) is 95.8 Å². The van der Waals surface area contributed by atoms with Crippen molar-refractivity contribution in [1.82, 2.24) is 10.2 Å². The van der Waals surface area contributed by atoms with Gasteiger partial charge in [0.15, 0.2) is 0 Å². The largest absolute Gasteiger partial charge is 0.416 e. The second kappa shape index (κ2) is 12.9. The van der Waals surface area contributed by atoms with Crippen molar-refractivity contribution in [2.45, 2.75) is 63.3 Å². The van der Waals surface area contributed by atoms with Gasteiger partial charge in [-0.25, -0.2) is 12.8 Å². The van der Waals surface area contributed by atoms with Crippen LogP contribution in [0.5, 0.6) is 0 Å². The molecule has 0 spiro atoms. The first-order chi connectivity index (χ1) is 19.5. The second-order valence-electron chi connectivity index (χ2n) is 10.7. The first-order valence-corrected chi connectivity index (χ1v) is 14.6. The highest BCUT2D eigenvalue weighted by Gasteiger charge is 2.36. The van der Waals surface area contributed by atoms with Gasteiger partial charge in [0.05, 0.1) is 16.1 Å². The lowest BCUT2D eigenvalue weighted by atomic mass is 10.1. The van der Waals surface area contributed by atoms with E-state index in [2.05, 4.69) is 5.32 Å². The number of carbonyl (C=O) groups is 2. The molecule has 1 N–H and O–H groups in total. The molecule has 0 saturated carbocycles. The second-order valence-corrected chi connectivity index (χ2v) is 12.5. The van der Waals surface area contributed by atoms with Crippen LogP contribution in [0.4, 0.5) is 23.2 Å². The van der Waals surface area contributed by atoms with Crippen molar-refractivity contribution in [2.75, 3.05) is 10.8 Å². The van der Waals surface area contributed by atoms with Gasteiger partial charge >= 0.3 is 6.18 Å². The smallest absolute Gasteiger partial charge is 0.350 e. The Kier molecular flexibility index (Phi) is 10.0. The Balaban J connectivity index is 2.11. The molecule has 0 aliphatic carbocycles. The van der Waals surface area contributed by atoms with Crippen molar-refractivity contribution in [2.24, 2.45) is 0 Å². The number of nitrogens with one attached hydrogen (secondary N) is 1. The summed E-state index contributed by atoms with van der Waals surface area (Å²) in [6.45, 7) is 5.85. The average Bonchev–Trinajstić information content (AvgIpc) is 2.91. The Hall–Kier alpha value is -3.93. The fourth-order valence-corrected chi connectivity index (χ4v) is 5.67. The predicted octanol–water partition coefficient (Wildman–Crippen LogP) is 5.76. The van der Waals surface area contributed by atoms with Crippen LogP contribution >= 0.6 is 0 Å². The van der Waals surface area contributed by atoms with Crippen LogP contribution in [0.2, 0.25) is 0 Å². The van der Waals surface area contributed by atoms with Crippen LogP contribution in [0.25, 0.3) is 0 Å². The van der Waals surface area contributed by atoms with Gasteiger partial charge in [-0.1, -0.05) is 43.3 Å². The van der Waals surface area contributed by atoms with E-state index in [0.717, 1.165) is 23.1 Å². The molecule has 1 atom stereocenters. The molecule has 0 radical (unpaired) electrons. The van der Waals surface area contributed by atoms with E-state index in [-0.39, 0.29) is 23.5 Å². The summed E-state index contributed by atoms with van der Waals surface area (Å²) in [7, 11) is -4.54. The van der Waals surface area contributed by atoms with Crippen LogP contribution in [0.3, 0.4) is 0 Å². The number of sulfonamides is 1. The molecule has 2 amide bonds. The highest BCUT2D eigenvalue weighted by molar-refractivity contribution is 7.92. The zero-order valence-electron chi connectivity index (χ0n) is 23.7. The van der Waals surface area contributed by atoms with Crippen LogP contribution in [-0.2, 0) is 32.3 Å². The van der Waals surface area contributed by atoms with Crippen LogP contribution in [0, 0.1) is 5.82 Å². The van der Waals surface area contributed by atoms with E-state index < -0.39 is 57.5 Å². The molecule has 3 rings (SSSR count). The van der Waals surface area contributed by atoms with Gasteiger partial charge in [-0.2, -0.15) is 13.2 Å². The Morgan fingerprint density at radius 2 is 1.52 bits per heavy atom. The number of carbonyl (C=O) groups excluding carboxylic acids is 2. The Morgan fingerprint density at radius 1 is 0.905 bits per heavy atom. The molecule has 0 unspecified atom stereocenters. The fourth-order valence-electron chi connectivity index (χ4n) is 4.24. The molecule has 226 valence electrons. The predicted molar refractivity (Wildman–Crippen MR) is 151 cm³/mol. The number of benzene rings is 3. The Labute approximate surface area is 243 Å². The summed E-state index contributed by atoms with van der Waals surface area (Å²) >= 11 is 0. The zero-order chi connectivity index (χ0) is 31.3. The van der Waals surface area contributed by atoms with Gasteiger partial charge < -0.3 is 10.2 Å². The maximum Gasteiger partial charge on any atom is 0.416 e. The van der Waals surface area contributed by atoms with E-state index >= 15 is 0 Å². The lowest BCUT2D eigenvalue weighted by Crippen LogP contribution is -2.55. The third kappa shape index (κ3) is 8.31. The van der Waals surface area contributed by atoms with Gasteiger partial charge in [0, 0.05) is 12.1 Å². The summed E-state index contributed by atoms with van der Waals surface area (Å²) < 4.78 is 82.4. The van der Waals surface area contributed by atoms with Crippen LogP contribution in [0.1, 0.15) is 45.2 Å². The number of anilines is 1. The molecule has 42 heavy (non-hydrogen) atoms. The van der Waals surface area contributed by atoms with Crippen molar-refractivity contribution in [1.29, 1.82) is 0 Å². The zero-order valence-corrected chi connectivity index (χ0v) is 24.5. The standard InChI is InChI=1S/C30H33F4N3O4S/c1-5-26(28(39)35-29(2,3)4)36(19-21-14-16-23(31)17-15-21)27(38)20-37(42(40,41)25-12-7-6-8-13-25)24-11-9-10-22(18-24)30(32,33)34/h6-18,26H,5,19-20H2,1-4H3,(H,35,39)/t26-/m1/s1. The summed E-state index contributed by atoms with van der Waals surface area (Å²) in [5, 5.41) is 2.82. The van der Waals surface area contributed by atoms with Gasteiger partial charge in [-0.3, -0.25) is 13.9 Å². The van der Waals surface area contributed by atoms with Crippen molar-refractivity contribution in [3.63, 3.8) is 0 Å². The van der Waals surface area contributed by atoms with E-state index in [1.807, 2.05) is 0 Å². The lowest BCUT2D eigenvalue weighted by molar-refractivity contribution is -0.141. The topological polar surface area (TPSA) is 86.8 Å². The summed E-state index contributed by atoms with van der Waals surface area (Å²) in [4.78, 5) is 28.2. The summed E-state index contributed by atoms with van der Waals surface area (Å²) in [5.74, 6) is -1.86. The third-order valence-electron chi connectivity index (χ3n) is 6.22. The lowest BCUT2D eigenvalue weighted by Gasteiger charge is -2.35. The molecule has 0 heterocycles. The maximum absolute atomic E-state index is 14.0. The van der Waals surface area contributed by atoms with E-state index in [0.29, 0.717) is 15.9 Å². The average molecular weight is 608 g/mol. The summed E-state index contributed by atoms with van der Waals surface area (Å²) in [5.41, 5.74) is -1.67. The van der Waals surface area contributed by atoms with Crippen LogP contribution < -0.4 is 9.62 Å². The van der Waals surface area contributed by atoms with Gasteiger partial charge in [0.25, 0.3) is 10.0 Å². The Bertz CT molecular complexity index is 1490. The normalized spacial score (nSPS) is 12.9. The van der Waals surface area contributed by atoms with Crippen LogP contribution in [0.15, 0.2) is 83.8 Å². The maximum atomic E-state index is 14.0. The molecule has 3 aromatic rings. The van der Waals surface area contributed by atoms with Crippen molar-refractivity contribution in [3.8, 4) is 0 Å². The molecule has 7 nitrogen and oxygen atoms in total. The molecule has 0 saturated heterocycles.